The van der Waals surface area contributed by atoms with Crippen molar-refractivity contribution in [3.05, 3.63) is 63.5 Å². The summed E-state index contributed by atoms with van der Waals surface area (Å²) >= 11 is 0. The van der Waals surface area contributed by atoms with Crippen LogP contribution in [0.3, 0.4) is 0 Å². The van der Waals surface area contributed by atoms with Gasteiger partial charge in [0.2, 0.25) is 0 Å². The Kier molecular flexibility index (Phi) is 2.92. The lowest BCUT2D eigenvalue weighted by Crippen LogP contribution is -2.33. The lowest BCUT2D eigenvalue weighted by Gasteiger charge is -2.32. The summed E-state index contributed by atoms with van der Waals surface area (Å²) in [6, 6.07) is 6.78. The molecule has 0 spiro atoms. The van der Waals surface area contributed by atoms with Crippen LogP contribution < -0.4 is 0 Å². The molecule has 0 bridgehead atoms. The second kappa shape index (κ2) is 4.69. The molecule has 4 nitrogen and oxygen atoms in total. The number of nitrogens with zero attached hydrogens (tertiary/aromatic N) is 1. The monoisotopic (exact) mass is 319 g/mol. The number of hydrogen-bond donors (Lipinski definition) is 0. The van der Waals surface area contributed by atoms with Crippen molar-refractivity contribution in [3.63, 3.8) is 0 Å². The third kappa shape index (κ3) is 1.92. The molecule has 4 rings (SSSR count). The fraction of sp³-hybridized carbons (Fsp3) is 0.300. The number of carbonyl (C=O) groups is 3. The molecule has 2 aromatic rings. The number of benzene rings is 1. The quantitative estimate of drug-likeness (QED) is 0.637. The summed E-state index contributed by atoms with van der Waals surface area (Å²) in [6.45, 7) is 5.78. The highest BCUT2D eigenvalue weighted by molar-refractivity contribution is 6.31. The van der Waals surface area contributed by atoms with Crippen LogP contribution in [-0.2, 0) is 6.42 Å². The number of rotatable bonds is 0. The highest BCUT2D eigenvalue weighted by Gasteiger charge is 2.40. The molecule has 1 aromatic carbocycles. The van der Waals surface area contributed by atoms with E-state index in [1.54, 1.807) is 31.2 Å². The Balaban J connectivity index is 2.06. The highest BCUT2D eigenvalue weighted by Crippen LogP contribution is 2.39. The largest absolute Gasteiger partial charge is 0.294 e. The van der Waals surface area contributed by atoms with E-state index in [0.29, 0.717) is 46.5 Å². The summed E-state index contributed by atoms with van der Waals surface area (Å²) < 4.78 is 0. The van der Waals surface area contributed by atoms with Gasteiger partial charge < -0.3 is 0 Å². The maximum atomic E-state index is 13.1. The molecule has 2 aliphatic carbocycles. The number of aryl methyl sites for hydroxylation is 1. The second-order valence-corrected chi connectivity index (χ2v) is 7.41. The molecule has 0 radical (unpaired) electrons. The lowest BCUT2D eigenvalue weighted by atomic mass is 9.71. The van der Waals surface area contributed by atoms with Crippen molar-refractivity contribution in [2.45, 2.75) is 33.6 Å². The first kappa shape index (κ1) is 14.9. The highest BCUT2D eigenvalue weighted by atomic mass is 16.1. The Morgan fingerprint density at radius 3 is 2.08 bits per heavy atom. The minimum atomic E-state index is -0.241. The molecule has 4 heteroatoms. The minimum Gasteiger partial charge on any atom is -0.294 e. The summed E-state index contributed by atoms with van der Waals surface area (Å²) in [5, 5.41) is 0. The zero-order valence-electron chi connectivity index (χ0n) is 13.9. The molecular formula is C20H17NO3. The van der Waals surface area contributed by atoms with Crippen molar-refractivity contribution in [2.24, 2.45) is 5.41 Å². The van der Waals surface area contributed by atoms with Gasteiger partial charge >= 0.3 is 0 Å². The summed E-state index contributed by atoms with van der Waals surface area (Å²) in [7, 11) is 0. The first-order valence-electron chi connectivity index (χ1n) is 8.05. The maximum absolute atomic E-state index is 13.1. The molecule has 1 heterocycles. The molecular weight excluding hydrogens is 302 g/mol. The number of Topliss-reactive ketones (excluding diaryl/α,β-unsaturated/α-hetero) is 1. The Labute approximate surface area is 139 Å². The number of fused-ring (bicyclic) bond motifs is 4. The SMILES string of the molecule is Cc1nc2c(c3c1C(=O)c1ccccc1C3=O)C(=O)CC(C)(C)C2. The van der Waals surface area contributed by atoms with Crippen LogP contribution in [0.25, 0.3) is 0 Å². The van der Waals surface area contributed by atoms with E-state index in [9.17, 15) is 14.4 Å². The van der Waals surface area contributed by atoms with Crippen molar-refractivity contribution in [2.75, 3.05) is 0 Å². The Hall–Kier alpha value is -2.62. The van der Waals surface area contributed by atoms with E-state index in [2.05, 4.69) is 4.98 Å². The van der Waals surface area contributed by atoms with Gasteiger partial charge in [0.1, 0.15) is 0 Å². The van der Waals surface area contributed by atoms with Gasteiger partial charge in [-0.2, -0.15) is 0 Å². The average Bonchev–Trinajstić information content (AvgIpc) is 2.50. The third-order valence-electron chi connectivity index (χ3n) is 4.89. The van der Waals surface area contributed by atoms with Crippen LogP contribution in [0.1, 0.15) is 73.9 Å². The summed E-state index contributed by atoms with van der Waals surface area (Å²) in [5.41, 5.74) is 2.69. The first-order valence-corrected chi connectivity index (χ1v) is 8.05. The molecule has 0 aliphatic heterocycles. The first-order chi connectivity index (χ1) is 11.3. The van der Waals surface area contributed by atoms with Gasteiger partial charge in [-0.1, -0.05) is 38.1 Å². The average molecular weight is 319 g/mol. The standard InChI is InChI=1S/C20H17NO3/c1-10-15-17(16-13(21-10)8-20(2,3)9-14(16)22)19(24)12-7-5-4-6-11(12)18(15)23/h4-7H,8-9H2,1-3H3. The lowest BCUT2D eigenvalue weighted by molar-refractivity contribution is 0.0897. The van der Waals surface area contributed by atoms with Crippen molar-refractivity contribution in [1.82, 2.24) is 4.98 Å². The van der Waals surface area contributed by atoms with Crippen LogP contribution in [0.4, 0.5) is 0 Å². The van der Waals surface area contributed by atoms with Gasteiger partial charge in [0.15, 0.2) is 17.3 Å². The summed E-state index contributed by atoms with van der Waals surface area (Å²) in [6.07, 6.45) is 0.992. The number of hydrogen-bond acceptors (Lipinski definition) is 4. The molecule has 0 saturated carbocycles. The minimum absolute atomic E-state index is 0.0921. The van der Waals surface area contributed by atoms with E-state index in [1.807, 2.05) is 13.8 Å². The van der Waals surface area contributed by atoms with Crippen molar-refractivity contribution in [3.8, 4) is 0 Å². The maximum Gasteiger partial charge on any atom is 0.196 e. The molecule has 1 aromatic heterocycles. The van der Waals surface area contributed by atoms with Crippen LogP contribution in [0.2, 0.25) is 0 Å². The van der Waals surface area contributed by atoms with E-state index >= 15 is 0 Å². The Bertz CT molecular complexity index is 954. The molecule has 0 fully saturated rings. The van der Waals surface area contributed by atoms with Gasteiger partial charge in [0.05, 0.1) is 16.8 Å². The van der Waals surface area contributed by atoms with E-state index in [4.69, 9.17) is 0 Å². The van der Waals surface area contributed by atoms with E-state index in [-0.39, 0.29) is 28.3 Å². The second-order valence-electron chi connectivity index (χ2n) is 7.41. The third-order valence-corrected chi connectivity index (χ3v) is 4.89. The molecule has 0 atom stereocenters. The van der Waals surface area contributed by atoms with Crippen LogP contribution in [0.15, 0.2) is 24.3 Å². The van der Waals surface area contributed by atoms with E-state index < -0.39 is 0 Å². The van der Waals surface area contributed by atoms with Crippen molar-refractivity contribution >= 4 is 17.3 Å². The van der Waals surface area contributed by atoms with Crippen molar-refractivity contribution in [1.29, 1.82) is 0 Å². The van der Waals surface area contributed by atoms with Gasteiger partial charge in [-0.25, -0.2) is 0 Å². The van der Waals surface area contributed by atoms with Gasteiger partial charge in [-0.3, -0.25) is 19.4 Å². The molecule has 0 saturated heterocycles. The fourth-order valence-electron chi connectivity index (χ4n) is 3.88. The predicted molar refractivity (Wildman–Crippen MR) is 88.7 cm³/mol. The topological polar surface area (TPSA) is 64.1 Å². The molecule has 2 aliphatic rings. The van der Waals surface area contributed by atoms with Crippen LogP contribution in [-0.4, -0.2) is 22.3 Å². The number of carbonyl (C=O) groups excluding carboxylic acids is 3. The predicted octanol–water partition coefficient (Wildman–Crippen LogP) is 3.32. The fourth-order valence-corrected chi connectivity index (χ4v) is 3.88. The molecule has 0 unspecified atom stereocenters. The number of aromatic nitrogens is 1. The van der Waals surface area contributed by atoms with Gasteiger partial charge in [-0.05, 0) is 18.8 Å². The van der Waals surface area contributed by atoms with E-state index in [0.717, 1.165) is 0 Å². The van der Waals surface area contributed by atoms with Gasteiger partial charge in [-0.15, -0.1) is 0 Å². The normalized spacial score (nSPS) is 18.0. The van der Waals surface area contributed by atoms with Crippen molar-refractivity contribution < 1.29 is 14.4 Å². The molecule has 0 amide bonds. The molecule has 24 heavy (non-hydrogen) atoms. The smallest absolute Gasteiger partial charge is 0.196 e. The zero-order valence-corrected chi connectivity index (χ0v) is 13.9. The molecule has 120 valence electrons. The van der Waals surface area contributed by atoms with E-state index in [1.165, 1.54) is 0 Å². The molecule has 0 N–H and O–H groups in total. The van der Waals surface area contributed by atoms with Crippen LogP contribution in [0.5, 0.6) is 0 Å². The Morgan fingerprint density at radius 2 is 1.46 bits per heavy atom. The van der Waals surface area contributed by atoms with Crippen LogP contribution >= 0.6 is 0 Å². The summed E-state index contributed by atoms with van der Waals surface area (Å²) in [4.78, 5) is 43.2. The Morgan fingerprint density at radius 1 is 0.875 bits per heavy atom. The summed E-state index contributed by atoms with van der Waals surface area (Å²) in [5.74, 6) is -0.550. The zero-order chi connectivity index (χ0) is 17.2. The van der Waals surface area contributed by atoms with Gasteiger partial charge in [0, 0.05) is 28.8 Å². The van der Waals surface area contributed by atoms with Gasteiger partial charge in [0.25, 0.3) is 0 Å². The number of ketones is 3. The van der Waals surface area contributed by atoms with Crippen LogP contribution in [0, 0.1) is 12.3 Å². The number of pyridine rings is 1.